The van der Waals surface area contributed by atoms with Crippen molar-refractivity contribution in [2.45, 2.75) is 19.3 Å². The van der Waals surface area contributed by atoms with Crippen molar-refractivity contribution >= 4 is 17.4 Å². The van der Waals surface area contributed by atoms with Crippen LogP contribution in [0.2, 0.25) is 0 Å². The highest BCUT2D eigenvalue weighted by Crippen LogP contribution is 2.22. The van der Waals surface area contributed by atoms with Crippen LogP contribution in [-0.2, 0) is 16.6 Å². The van der Waals surface area contributed by atoms with Crippen LogP contribution in [0.5, 0.6) is 0 Å². The first kappa shape index (κ1) is 16.7. The van der Waals surface area contributed by atoms with Gasteiger partial charge in [-0.15, -0.1) is 0 Å². The zero-order valence-electron chi connectivity index (χ0n) is 14.1. The molecule has 1 saturated heterocycles. The van der Waals surface area contributed by atoms with Gasteiger partial charge in [-0.3, -0.25) is 19.2 Å². The molecule has 1 aromatic rings. The summed E-state index contributed by atoms with van der Waals surface area (Å²) in [5.41, 5.74) is 7.81. The average Bonchev–Trinajstić information content (AvgIpc) is 3.01. The summed E-state index contributed by atoms with van der Waals surface area (Å²) in [4.78, 5) is 27.8. The predicted octanol–water partition coefficient (Wildman–Crippen LogP) is 0.233. The zero-order valence-corrected chi connectivity index (χ0v) is 14.1. The predicted molar refractivity (Wildman–Crippen MR) is 90.7 cm³/mol. The van der Waals surface area contributed by atoms with Gasteiger partial charge in [0.25, 0.3) is 0 Å². The molecular formula is C17H25N5O2. The summed E-state index contributed by atoms with van der Waals surface area (Å²) in [6.45, 7) is 3.22. The minimum absolute atomic E-state index is 0.0957. The highest BCUT2D eigenvalue weighted by Gasteiger charge is 2.28. The Morgan fingerprint density at radius 1 is 1.38 bits per heavy atom. The summed E-state index contributed by atoms with van der Waals surface area (Å²) in [6, 6.07) is 2.02. The number of primary amides is 1. The smallest absolute Gasteiger partial charge is 0.236 e. The molecule has 0 bridgehead atoms. The molecule has 0 radical (unpaired) electrons. The number of aromatic nitrogens is 2. The van der Waals surface area contributed by atoms with E-state index in [0.717, 1.165) is 44.6 Å². The zero-order chi connectivity index (χ0) is 17.1. The quantitative estimate of drug-likeness (QED) is 0.856. The highest BCUT2D eigenvalue weighted by atomic mass is 16.2. The maximum absolute atomic E-state index is 12.5. The Hall–Kier alpha value is -2.15. The molecule has 0 saturated carbocycles. The summed E-state index contributed by atoms with van der Waals surface area (Å²) in [5.74, 6) is -0.395. The van der Waals surface area contributed by atoms with E-state index in [0.29, 0.717) is 13.1 Å². The van der Waals surface area contributed by atoms with E-state index in [1.165, 1.54) is 5.57 Å². The summed E-state index contributed by atoms with van der Waals surface area (Å²) in [5, 5.41) is 4.21. The van der Waals surface area contributed by atoms with Gasteiger partial charge in [0.1, 0.15) is 0 Å². The molecule has 2 aliphatic heterocycles. The number of amides is 2. The van der Waals surface area contributed by atoms with Gasteiger partial charge in [0.15, 0.2) is 0 Å². The van der Waals surface area contributed by atoms with E-state index in [1.54, 1.807) is 11.1 Å². The van der Waals surface area contributed by atoms with Gasteiger partial charge in [0, 0.05) is 39.4 Å². The van der Waals surface area contributed by atoms with E-state index < -0.39 is 0 Å². The average molecular weight is 331 g/mol. The standard InChI is InChI=1S/C17H25N5O2/c1-20-15(4-7-19-20)13-5-9-21(10-6-13)12-16(23)22-8-2-3-14(11-22)17(18)24/h4-5,7,14H,2-3,6,8-12H2,1H3,(H2,18,24). The molecule has 130 valence electrons. The van der Waals surface area contributed by atoms with Gasteiger partial charge in [-0.1, -0.05) is 6.08 Å². The second-order valence-electron chi connectivity index (χ2n) is 6.64. The van der Waals surface area contributed by atoms with E-state index in [-0.39, 0.29) is 17.7 Å². The molecule has 7 nitrogen and oxygen atoms in total. The Balaban J connectivity index is 1.54. The Bertz CT molecular complexity index is 651. The third kappa shape index (κ3) is 3.67. The van der Waals surface area contributed by atoms with Crippen LogP contribution in [0.1, 0.15) is 25.0 Å². The second kappa shape index (κ2) is 7.17. The van der Waals surface area contributed by atoms with Crippen molar-refractivity contribution in [1.29, 1.82) is 0 Å². The fourth-order valence-electron chi connectivity index (χ4n) is 3.50. The van der Waals surface area contributed by atoms with Crippen LogP contribution in [-0.4, -0.2) is 64.1 Å². The van der Waals surface area contributed by atoms with Crippen molar-refractivity contribution in [3.05, 3.63) is 24.0 Å². The van der Waals surface area contributed by atoms with Crippen LogP contribution >= 0.6 is 0 Å². The lowest BCUT2D eigenvalue weighted by Gasteiger charge is -2.33. The first-order valence-electron chi connectivity index (χ1n) is 8.51. The molecule has 1 aromatic heterocycles. The van der Waals surface area contributed by atoms with Gasteiger partial charge >= 0.3 is 0 Å². The Morgan fingerprint density at radius 3 is 2.83 bits per heavy atom. The normalized spacial score (nSPS) is 22.3. The molecule has 2 N–H and O–H groups in total. The molecule has 0 aliphatic carbocycles. The number of carbonyl (C=O) groups is 2. The Kier molecular flexibility index (Phi) is 4.99. The third-order valence-corrected chi connectivity index (χ3v) is 4.98. The summed E-state index contributed by atoms with van der Waals surface area (Å²) >= 11 is 0. The molecule has 2 amide bonds. The first-order chi connectivity index (χ1) is 11.5. The van der Waals surface area contributed by atoms with Crippen molar-refractivity contribution < 1.29 is 9.59 Å². The van der Waals surface area contributed by atoms with Gasteiger partial charge in [0.05, 0.1) is 18.2 Å². The maximum Gasteiger partial charge on any atom is 0.236 e. The van der Waals surface area contributed by atoms with Gasteiger partial charge in [-0.2, -0.15) is 5.10 Å². The number of nitrogens with two attached hydrogens (primary N) is 1. The van der Waals surface area contributed by atoms with Gasteiger partial charge in [-0.25, -0.2) is 0 Å². The van der Waals surface area contributed by atoms with Crippen LogP contribution in [0, 0.1) is 5.92 Å². The lowest BCUT2D eigenvalue weighted by molar-refractivity contribution is -0.135. The van der Waals surface area contributed by atoms with Gasteiger partial charge < -0.3 is 10.6 Å². The number of likely N-dealkylation sites (tertiary alicyclic amines) is 1. The van der Waals surface area contributed by atoms with Crippen LogP contribution in [0.3, 0.4) is 0 Å². The fourth-order valence-corrected chi connectivity index (χ4v) is 3.50. The van der Waals surface area contributed by atoms with E-state index in [4.69, 9.17) is 5.73 Å². The molecule has 2 aliphatic rings. The molecule has 0 spiro atoms. The van der Waals surface area contributed by atoms with E-state index >= 15 is 0 Å². The number of rotatable bonds is 4. The SMILES string of the molecule is Cn1nccc1C1=CCN(CC(=O)N2CCCC(C(N)=O)C2)CC1. The second-order valence-corrected chi connectivity index (χ2v) is 6.64. The van der Waals surface area contributed by atoms with Crippen molar-refractivity contribution in [3.63, 3.8) is 0 Å². The minimum Gasteiger partial charge on any atom is -0.369 e. The first-order valence-corrected chi connectivity index (χ1v) is 8.51. The third-order valence-electron chi connectivity index (χ3n) is 4.98. The lowest BCUT2D eigenvalue weighted by Crippen LogP contribution is -2.48. The number of hydrogen-bond acceptors (Lipinski definition) is 4. The Morgan fingerprint density at radius 2 is 2.21 bits per heavy atom. The number of piperidine rings is 1. The van der Waals surface area contributed by atoms with Crippen molar-refractivity contribution in [2.24, 2.45) is 18.7 Å². The number of hydrogen-bond donors (Lipinski definition) is 1. The summed E-state index contributed by atoms with van der Waals surface area (Å²) in [6.07, 6.45) is 6.54. The summed E-state index contributed by atoms with van der Waals surface area (Å²) in [7, 11) is 1.94. The molecule has 1 fully saturated rings. The van der Waals surface area contributed by atoms with Crippen LogP contribution in [0.25, 0.3) is 5.57 Å². The fraction of sp³-hybridized carbons (Fsp3) is 0.588. The van der Waals surface area contributed by atoms with Crippen molar-refractivity contribution in [1.82, 2.24) is 19.6 Å². The molecule has 3 heterocycles. The lowest BCUT2D eigenvalue weighted by atomic mass is 9.97. The molecule has 3 rings (SSSR count). The molecule has 1 atom stereocenters. The highest BCUT2D eigenvalue weighted by molar-refractivity contribution is 5.81. The van der Waals surface area contributed by atoms with Crippen LogP contribution < -0.4 is 5.73 Å². The number of carbonyl (C=O) groups excluding carboxylic acids is 2. The van der Waals surface area contributed by atoms with Gasteiger partial charge in [0.2, 0.25) is 11.8 Å². The molecule has 1 unspecified atom stereocenters. The molecule has 0 aromatic carbocycles. The Labute approximate surface area is 142 Å². The molecule has 24 heavy (non-hydrogen) atoms. The molecular weight excluding hydrogens is 306 g/mol. The van der Waals surface area contributed by atoms with Crippen molar-refractivity contribution in [3.8, 4) is 0 Å². The summed E-state index contributed by atoms with van der Waals surface area (Å²) < 4.78 is 1.88. The topological polar surface area (TPSA) is 84.5 Å². The van der Waals surface area contributed by atoms with Crippen LogP contribution in [0.4, 0.5) is 0 Å². The van der Waals surface area contributed by atoms with Gasteiger partial charge in [-0.05, 0) is 30.9 Å². The maximum atomic E-state index is 12.5. The largest absolute Gasteiger partial charge is 0.369 e. The van der Waals surface area contributed by atoms with E-state index in [1.807, 2.05) is 17.8 Å². The monoisotopic (exact) mass is 331 g/mol. The number of aryl methyl sites for hydroxylation is 1. The van der Waals surface area contributed by atoms with E-state index in [2.05, 4.69) is 16.1 Å². The van der Waals surface area contributed by atoms with Crippen LogP contribution in [0.15, 0.2) is 18.3 Å². The number of nitrogens with zero attached hydrogens (tertiary/aromatic N) is 4. The molecule has 7 heteroatoms. The van der Waals surface area contributed by atoms with E-state index in [9.17, 15) is 9.59 Å². The van der Waals surface area contributed by atoms with Crippen molar-refractivity contribution in [2.75, 3.05) is 32.7 Å². The minimum atomic E-state index is -0.297.